The maximum absolute atomic E-state index is 3.54. The van der Waals surface area contributed by atoms with Gasteiger partial charge in [0.25, 0.3) is 0 Å². The first kappa shape index (κ1) is 19.2. The highest BCUT2D eigenvalue weighted by atomic mass is 14.9. The summed E-state index contributed by atoms with van der Waals surface area (Å²) in [7, 11) is 0. The van der Waals surface area contributed by atoms with E-state index in [0.29, 0.717) is 5.54 Å². The van der Waals surface area contributed by atoms with E-state index in [0.717, 1.165) is 6.54 Å². The molecule has 1 N–H and O–H groups in total. The lowest BCUT2D eigenvalue weighted by atomic mass is 9.95. The van der Waals surface area contributed by atoms with Gasteiger partial charge in [-0.2, -0.15) is 0 Å². The van der Waals surface area contributed by atoms with Gasteiger partial charge >= 0.3 is 0 Å². The normalized spacial score (nSPS) is 10.9. The zero-order valence-electron chi connectivity index (χ0n) is 14.6. The summed E-state index contributed by atoms with van der Waals surface area (Å²) in [5.41, 5.74) is 3.17. The van der Waals surface area contributed by atoms with E-state index >= 15 is 0 Å². The van der Waals surface area contributed by atoms with Crippen LogP contribution in [-0.2, 0) is 6.42 Å². The van der Waals surface area contributed by atoms with E-state index in [2.05, 4.69) is 57.3 Å². The molecule has 0 fully saturated rings. The van der Waals surface area contributed by atoms with Gasteiger partial charge in [-0.15, -0.1) is 0 Å². The molecule has 0 aliphatic heterocycles. The second-order valence-corrected chi connectivity index (χ2v) is 5.96. The number of hydrogen-bond donors (Lipinski definition) is 1. The molecule has 1 aromatic rings. The van der Waals surface area contributed by atoms with Crippen LogP contribution in [0.1, 0.15) is 72.9 Å². The number of benzene rings is 1. The van der Waals surface area contributed by atoms with E-state index in [4.69, 9.17) is 0 Å². The van der Waals surface area contributed by atoms with Crippen LogP contribution in [0, 0.1) is 6.92 Å². The first-order valence-corrected chi connectivity index (χ1v) is 8.34. The summed E-state index contributed by atoms with van der Waals surface area (Å²) in [5, 5.41) is 3.54. The van der Waals surface area contributed by atoms with Crippen LogP contribution in [0.4, 0.5) is 0 Å². The van der Waals surface area contributed by atoms with E-state index in [1.807, 2.05) is 13.8 Å². The Bertz CT molecular complexity index is 347. The van der Waals surface area contributed by atoms with Gasteiger partial charge in [-0.25, -0.2) is 0 Å². The Labute approximate surface area is 128 Å². The van der Waals surface area contributed by atoms with Crippen LogP contribution in [0.2, 0.25) is 0 Å². The summed E-state index contributed by atoms with van der Waals surface area (Å²) in [5.74, 6) is 0. The molecule has 20 heavy (non-hydrogen) atoms. The zero-order chi connectivity index (χ0) is 15.4. The predicted molar refractivity (Wildman–Crippen MR) is 94.6 cm³/mol. The predicted octanol–water partition coefficient (Wildman–Crippen LogP) is 5.76. The van der Waals surface area contributed by atoms with Crippen LogP contribution >= 0.6 is 0 Å². The summed E-state index contributed by atoms with van der Waals surface area (Å²) < 4.78 is 0. The van der Waals surface area contributed by atoms with Gasteiger partial charge in [0.2, 0.25) is 0 Å². The summed E-state index contributed by atoms with van der Waals surface area (Å²) in [6.07, 6.45) is 6.47. The van der Waals surface area contributed by atoms with Crippen LogP contribution in [0.3, 0.4) is 0 Å². The van der Waals surface area contributed by atoms with Gasteiger partial charge in [-0.3, -0.25) is 0 Å². The Hall–Kier alpha value is -0.820. The first-order chi connectivity index (χ1) is 9.53. The molecule has 0 saturated heterocycles. The van der Waals surface area contributed by atoms with Crippen molar-refractivity contribution in [3.63, 3.8) is 0 Å². The SMILES string of the molecule is CC.CCNC(C)(C)CCCCCc1cccc(C)c1.[HH]. The third-order valence-corrected chi connectivity index (χ3v) is 3.51. The molecular weight excluding hydrogens is 242 g/mol. The number of hydrogen-bond acceptors (Lipinski definition) is 1. The van der Waals surface area contributed by atoms with Crippen LogP contribution < -0.4 is 5.32 Å². The van der Waals surface area contributed by atoms with Gasteiger partial charge < -0.3 is 5.32 Å². The largest absolute Gasteiger partial charge is 0.312 e. The fourth-order valence-electron chi connectivity index (χ4n) is 2.51. The summed E-state index contributed by atoms with van der Waals surface area (Å²) in [4.78, 5) is 0. The fraction of sp³-hybridized carbons (Fsp3) is 0.684. The van der Waals surface area contributed by atoms with Crippen molar-refractivity contribution < 1.29 is 1.43 Å². The monoisotopic (exact) mass is 279 g/mol. The van der Waals surface area contributed by atoms with E-state index < -0.39 is 0 Å². The highest BCUT2D eigenvalue weighted by Gasteiger charge is 2.14. The standard InChI is InChI=1S/C17H29N.C2H6.H2/c1-5-18-17(3,4)13-8-6-7-11-16-12-9-10-15(2)14-16;1-2;/h9-10,12,14,18H,5-8,11,13H2,1-4H3;1-2H3;1H. The summed E-state index contributed by atoms with van der Waals surface area (Å²) in [6.45, 7) is 14.0. The molecule has 1 rings (SSSR count). The van der Waals surface area contributed by atoms with Crippen molar-refractivity contribution in [2.45, 2.75) is 79.2 Å². The van der Waals surface area contributed by atoms with Gasteiger partial charge in [-0.05, 0) is 52.1 Å². The highest BCUT2D eigenvalue weighted by molar-refractivity contribution is 5.22. The van der Waals surface area contributed by atoms with Crippen molar-refractivity contribution in [2.75, 3.05) is 6.54 Å². The van der Waals surface area contributed by atoms with Crippen LogP contribution in [0.15, 0.2) is 24.3 Å². The zero-order valence-corrected chi connectivity index (χ0v) is 14.6. The Kier molecular flexibility index (Phi) is 10.5. The third-order valence-electron chi connectivity index (χ3n) is 3.51. The molecule has 0 radical (unpaired) electrons. The Morgan fingerprint density at radius 1 is 1.10 bits per heavy atom. The van der Waals surface area contributed by atoms with Crippen molar-refractivity contribution in [3.8, 4) is 0 Å². The Morgan fingerprint density at radius 3 is 2.40 bits per heavy atom. The first-order valence-electron chi connectivity index (χ1n) is 8.34. The van der Waals surface area contributed by atoms with Gasteiger partial charge in [0.1, 0.15) is 0 Å². The molecule has 0 spiro atoms. The summed E-state index contributed by atoms with van der Waals surface area (Å²) >= 11 is 0. The maximum atomic E-state index is 3.54. The summed E-state index contributed by atoms with van der Waals surface area (Å²) in [6, 6.07) is 8.89. The molecular formula is C19H37N. The second-order valence-electron chi connectivity index (χ2n) is 5.96. The molecule has 0 saturated carbocycles. The average molecular weight is 280 g/mol. The smallest absolute Gasteiger partial charge is 0.0125 e. The molecule has 0 aromatic heterocycles. The van der Waals surface area contributed by atoms with Gasteiger partial charge in [0.15, 0.2) is 0 Å². The minimum atomic E-state index is 0. The van der Waals surface area contributed by atoms with Crippen molar-refractivity contribution in [3.05, 3.63) is 35.4 Å². The van der Waals surface area contributed by atoms with E-state index in [1.165, 1.54) is 43.2 Å². The van der Waals surface area contributed by atoms with E-state index in [-0.39, 0.29) is 1.43 Å². The van der Waals surface area contributed by atoms with Gasteiger partial charge in [0.05, 0.1) is 0 Å². The molecule has 1 aromatic carbocycles. The van der Waals surface area contributed by atoms with Crippen LogP contribution in [-0.4, -0.2) is 12.1 Å². The Balaban J connectivity index is 0. The van der Waals surface area contributed by atoms with Crippen molar-refractivity contribution >= 4 is 0 Å². The van der Waals surface area contributed by atoms with Gasteiger partial charge in [0, 0.05) is 6.97 Å². The lowest BCUT2D eigenvalue weighted by Crippen LogP contribution is -2.38. The quantitative estimate of drug-likeness (QED) is 0.597. The number of unbranched alkanes of at least 4 members (excludes halogenated alkanes) is 2. The topological polar surface area (TPSA) is 12.0 Å². The number of nitrogens with one attached hydrogen (secondary N) is 1. The lowest BCUT2D eigenvalue weighted by molar-refractivity contribution is 0.356. The number of rotatable bonds is 8. The van der Waals surface area contributed by atoms with Crippen LogP contribution in [0.25, 0.3) is 0 Å². The molecule has 0 amide bonds. The van der Waals surface area contributed by atoms with Crippen LogP contribution in [0.5, 0.6) is 0 Å². The van der Waals surface area contributed by atoms with Crippen molar-refractivity contribution in [1.29, 1.82) is 0 Å². The minimum Gasteiger partial charge on any atom is -0.312 e. The molecule has 0 aliphatic rings. The van der Waals surface area contributed by atoms with E-state index in [9.17, 15) is 0 Å². The molecule has 118 valence electrons. The molecule has 0 atom stereocenters. The number of aryl methyl sites for hydroxylation is 2. The molecule has 0 heterocycles. The van der Waals surface area contributed by atoms with Gasteiger partial charge in [-0.1, -0.05) is 63.4 Å². The third kappa shape index (κ3) is 9.14. The highest BCUT2D eigenvalue weighted by Crippen LogP contribution is 2.15. The molecule has 1 nitrogen and oxygen atoms in total. The fourth-order valence-corrected chi connectivity index (χ4v) is 2.51. The lowest BCUT2D eigenvalue weighted by Gasteiger charge is -2.25. The Morgan fingerprint density at radius 2 is 1.80 bits per heavy atom. The molecule has 1 heteroatoms. The van der Waals surface area contributed by atoms with E-state index in [1.54, 1.807) is 0 Å². The average Bonchev–Trinajstić information content (AvgIpc) is 2.40. The van der Waals surface area contributed by atoms with Crippen molar-refractivity contribution in [1.82, 2.24) is 5.32 Å². The minimum absolute atomic E-state index is 0. The molecule has 0 aliphatic carbocycles. The second kappa shape index (κ2) is 10.9. The molecule has 0 bridgehead atoms. The van der Waals surface area contributed by atoms with Crippen molar-refractivity contribution in [2.24, 2.45) is 0 Å². The molecule has 0 unspecified atom stereocenters. The maximum Gasteiger partial charge on any atom is 0.0125 e.